The number of allylic oxidation sites excluding steroid dienone is 2. The van der Waals surface area contributed by atoms with Crippen molar-refractivity contribution in [1.29, 1.82) is 0 Å². The van der Waals surface area contributed by atoms with E-state index in [1.54, 1.807) is 23.7 Å². The van der Waals surface area contributed by atoms with Gasteiger partial charge in [0.05, 0.1) is 21.1 Å². The number of nitrogens with zero attached hydrogens (tertiary/aromatic N) is 3. The zero-order chi connectivity index (χ0) is 23.7. The molecule has 172 valence electrons. The number of Topliss-reactive ketones (excluding diaryl/α,β-unsaturated/α-hetero) is 1. The summed E-state index contributed by atoms with van der Waals surface area (Å²) in [6.45, 7) is 6.01. The van der Waals surface area contributed by atoms with Gasteiger partial charge in [-0.3, -0.25) is 4.79 Å². The van der Waals surface area contributed by atoms with Crippen LogP contribution < -0.4 is 14.8 Å². The third-order valence-corrected chi connectivity index (χ3v) is 6.52. The summed E-state index contributed by atoms with van der Waals surface area (Å²) < 4.78 is 14.4. The van der Waals surface area contributed by atoms with E-state index in [0.29, 0.717) is 44.1 Å². The summed E-state index contributed by atoms with van der Waals surface area (Å²) in [4.78, 5) is 16.8. The van der Waals surface area contributed by atoms with E-state index in [4.69, 9.17) is 32.7 Å². The second kappa shape index (κ2) is 9.75. The number of anilines is 1. The molecular weight excluding hydrogens is 531 g/mol. The van der Waals surface area contributed by atoms with Crippen LogP contribution in [0.1, 0.15) is 37.9 Å². The van der Waals surface area contributed by atoms with Crippen LogP contribution >= 0.6 is 39.1 Å². The van der Waals surface area contributed by atoms with E-state index in [2.05, 4.69) is 31.3 Å². The molecule has 0 radical (unpaired) electrons. The van der Waals surface area contributed by atoms with Crippen molar-refractivity contribution in [2.45, 2.75) is 33.4 Å². The molecule has 0 amide bonds. The largest absolute Gasteiger partial charge is 0.490 e. The SMILES string of the molecule is CCOc1cc(C2C(C(C)=O)=C(C)Nc3ncnn32)cc(Br)c1OCc1ccc(Cl)c(Cl)c1. The van der Waals surface area contributed by atoms with Gasteiger partial charge in [-0.2, -0.15) is 10.1 Å². The number of carbonyl (C=O) groups is 1. The fourth-order valence-electron chi connectivity index (χ4n) is 3.79. The molecule has 1 unspecified atom stereocenters. The number of halogens is 3. The molecule has 1 N–H and O–H groups in total. The van der Waals surface area contributed by atoms with Gasteiger partial charge in [0.2, 0.25) is 5.95 Å². The maximum atomic E-state index is 12.6. The average Bonchev–Trinajstić information content (AvgIpc) is 3.22. The van der Waals surface area contributed by atoms with Gasteiger partial charge >= 0.3 is 0 Å². The Morgan fingerprint density at radius 2 is 2.00 bits per heavy atom. The van der Waals surface area contributed by atoms with Gasteiger partial charge in [0.1, 0.15) is 19.0 Å². The highest BCUT2D eigenvalue weighted by atomic mass is 79.9. The lowest BCUT2D eigenvalue weighted by Gasteiger charge is -2.29. The van der Waals surface area contributed by atoms with Crippen LogP contribution in [0.25, 0.3) is 0 Å². The molecule has 3 aromatic rings. The van der Waals surface area contributed by atoms with Gasteiger partial charge in [-0.15, -0.1) is 0 Å². The van der Waals surface area contributed by atoms with Crippen LogP contribution in [0.2, 0.25) is 10.0 Å². The van der Waals surface area contributed by atoms with Crippen LogP contribution in [0, 0.1) is 0 Å². The van der Waals surface area contributed by atoms with E-state index in [9.17, 15) is 4.79 Å². The molecular formula is C23H21BrCl2N4O3. The molecule has 0 saturated carbocycles. The Bertz CT molecular complexity index is 1260. The van der Waals surface area contributed by atoms with Gasteiger partial charge in [-0.1, -0.05) is 29.3 Å². The number of hydrogen-bond acceptors (Lipinski definition) is 6. The molecule has 7 nitrogen and oxygen atoms in total. The van der Waals surface area contributed by atoms with Gasteiger partial charge in [-0.25, -0.2) is 4.68 Å². The maximum Gasteiger partial charge on any atom is 0.226 e. The number of fused-ring (bicyclic) bond motifs is 1. The number of ketones is 1. The Balaban J connectivity index is 1.74. The third kappa shape index (κ3) is 4.74. The highest BCUT2D eigenvalue weighted by molar-refractivity contribution is 9.10. The van der Waals surface area contributed by atoms with Crippen LogP contribution in [0.5, 0.6) is 11.5 Å². The summed E-state index contributed by atoms with van der Waals surface area (Å²) in [5, 5.41) is 8.44. The van der Waals surface area contributed by atoms with Gasteiger partial charge in [0.25, 0.3) is 0 Å². The first kappa shape index (κ1) is 23.6. The lowest BCUT2D eigenvalue weighted by Crippen LogP contribution is -2.27. The molecule has 0 bridgehead atoms. The minimum absolute atomic E-state index is 0.0554. The molecule has 0 aliphatic carbocycles. The van der Waals surface area contributed by atoms with E-state index >= 15 is 0 Å². The molecule has 1 aliphatic heterocycles. The van der Waals surface area contributed by atoms with Crippen LogP contribution in [0.4, 0.5) is 5.95 Å². The molecule has 1 atom stereocenters. The van der Waals surface area contributed by atoms with E-state index in [0.717, 1.165) is 16.8 Å². The number of benzene rings is 2. The summed E-state index contributed by atoms with van der Waals surface area (Å²) >= 11 is 15.8. The molecule has 0 fully saturated rings. The molecule has 1 aromatic heterocycles. The van der Waals surface area contributed by atoms with Crippen molar-refractivity contribution in [2.24, 2.45) is 0 Å². The van der Waals surface area contributed by atoms with E-state index in [-0.39, 0.29) is 12.4 Å². The Morgan fingerprint density at radius 3 is 2.70 bits per heavy atom. The van der Waals surface area contributed by atoms with Crippen molar-refractivity contribution in [2.75, 3.05) is 11.9 Å². The summed E-state index contributed by atoms with van der Waals surface area (Å²) in [6.07, 6.45) is 1.46. The first-order valence-electron chi connectivity index (χ1n) is 10.2. The van der Waals surface area contributed by atoms with Crippen molar-refractivity contribution < 1.29 is 14.3 Å². The Labute approximate surface area is 209 Å². The standard InChI is InChI=1S/C23H21BrCl2N4O3/c1-4-32-19-9-15(21-20(13(3)31)12(2)29-23-27-11-28-30(21)23)8-16(24)22(19)33-10-14-5-6-17(25)18(26)7-14/h5-9,11,21H,4,10H2,1-3H3,(H,27,28,29). The second-order valence-electron chi connectivity index (χ2n) is 7.45. The van der Waals surface area contributed by atoms with Gasteiger partial charge in [0, 0.05) is 11.3 Å². The number of aromatic nitrogens is 3. The van der Waals surface area contributed by atoms with Gasteiger partial charge < -0.3 is 14.8 Å². The minimum atomic E-state index is -0.458. The zero-order valence-electron chi connectivity index (χ0n) is 18.2. The van der Waals surface area contributed by atoms with E-state index in [1.165, 1.54) is 6.33 Å². The summed E-state index contributed by atoms with van der Waals surface area (Å²) in [5.74, 6) is 1.60. The molecule has 10 heteroatoms. The van der Waals surface area contributed by atoms with Crippen LogP contribution in [-0.2, 0) is 11.4 Å². The van der Waals surface area contributed by atoms with Gasteiger partial charge in [-0.05, 0) is 72.1 Å². The van der Waals surface area contributed by atoms with Crippen molar-refractivity contribution in [3.8, 4) is 11.5 Å². The van der Waals surface area contributed by atoms with Crippen molar-refractivity contribution >= 4 is 50.9 Å². The molecule has 2 aromatic carbocycles. The highest BCUT2D eigenvalue weighted by Crippen LogP contribution is 2.43. The number of hydrogen-bond donors (Lipinski definition) is 1. The monoisotopic (exact) mass is 550 g/mol. The average molecular weight is 552 g/mol. The maximum absolute atomic E-state index is 12.6. The molecule has 4 rings (SSSR count). The Kier molecular flexibility index (Phi) is 6.97. The predicted molar refractivity (Wildman–Crippen MR) is 131 cm³/mol. The summed E-state index contributed by atoms with van der Waals surface area (Å²) in [5.41, 5.74) is 3.02. The van der Waals surface area contributed by atoms with Crippen molar-refractivity contribution in [1.82, 2.24) is 14.8 Å². The summed E-state index contributed by atoms with van der Waals surface area (Å²) in [6, 6.07) is 8.67. The normalized spacial score (nSPS) is 15.2. The quantitative estimate of drug-likeness (QED) is 0.376. The van der Waals surface area contributed by atoms with Crippen LogP contribution in [-0.4, -0.2) is 27.2 Å². The summed E-state index contributed by atoms with van der Waals surface area (Å²) in [7, 11) is 0. The number of rotatable bonds is 7. The lowest BCUT2D eigenvalue weighted by atomic mass is 9.93. The highest BCUT2D eigenvalue weighted by Gasteiger charge is 2.32. The Morgan fingerprint density at radius 1 is 1.21 bits per heavy atom. The van der Waals surface area contributed by atoms with Crippen LogP contribution in [0.15, 0.2) is 52.4 Å². The molecule has 33 heavy (non-hydrogen) atoms. The lowest BCUT2D eigenvalue weighted by molar-refractivity contribution is -0.114. The second-order valence-corrected chi connectivity index (χ2v) is 9.12. The van der Waals surface area contributed by atoms with Crippen LogP contribution in [0.3, 0.4) is 0 Å². The smallest absolute Gasteiger partial charge is 0.226 e. The van der Waals surface area contributed by atoms with Gasteiger partial charge in [0.15, 0.2) is 17.3 Å². The predicted octanol–water partition coefficient (Wildman–Crippen LogP) is 6.20. The molecule has 2 heterocycles. The minimum Gasteiger partial charge on any atom is -0.490 e. The number of carbonyl (C=O) groups excluding carboxylic acids is 1. The molecule has 0 saturated heterocycles. The van der Waals surface area contributed by atoms with Crippen molar-refractivity contribution in [3.63, 3.8) is 0 Å². The first-order valence-corrected chi connectivity index (χ1v) is 11.8. The van der Waals surface area contributed by atoms with E-state index in [1.807, 2.05) is 32.0 Å². The van der Waals surface area contributed by atoms with Crippen molar-refractivity contribution in [3.05, 3.63) is 73.6 Å². The fourth-order valence-corrected chi connectivity index (χ4v) is 4.68. The zero-order valence-corrected chi connectivity index (χ0v) is 21.3. The number of nitrogens with one attached hydrogen (secondary N) is 1. The third-order valence-electron chi connectivity index (χ3n) is 5.19. The van der Waals surface area contributed by atoms with E-state index < -0.39 is 6.04 Å². The number of ether oxygens (including phenoxy) is 2. The topological polar surface area (TPSA) is 78.3 Å². The first-order chi connectivity index (χ1) is 15.8. The molecule has 0 spiro atoms. The molecule has 1 aliphatic rings. The fraction of sp³-hybridized carbons (Fsp3) is 0.261. The Hall–Kier alpha value is -2.55.